The minimum absolute atomic E-state index is 0. The number of halogens is 2. The number of rotatable bonds is 6. The Morgan fingerprint density at radius 3 is 2.67 bits per heavy atom. The Balaban J connectivity index is 0.00000261. The monoisotopic (exact) mass is 496 g/mol. The van der Waals surface area contributed by atoms with Gasteiger partial charge in [0.1, 0.15) is 10.8 Å². The molecule has 0 fully saturated rings. The van der Waals surface area contributed by atoms with Gasteiger partial charge in [-0.25, -0.2) is 9.37 Å². The van der Waals surface area contributed by atoms with Crippen molar-refractivity contribution in [3.63, 3.8) is 0 Å². The maximum absolute atomic E-state index is 13.2. The van der Waals surface area contributed by atoms with Crippen molar-refractivity contribution >= 4 is 41.3 Å². The first kappa shape index (κ1) is 21.3. The third kappa shape index (κ3) is 6.59. The molecule has 4 nitrogen and oxygen atoms in total. The Labute approximate surface area is 180 Å². The van der Waals surface area contributed by atoms with E-state index in [4.69, 9.17) is 0 Å². The molecule has 2 N–H and O–H groups in total. The van der Waals surface area contributed by atoms with Crippen molar-refractivity contribution in [3.05, 3.63) is 76.4 Å². The zero-order valence-corrected chi connectivity index (χ0v) is 18.1. The molecule has 0 radical (unpaired) electrons. The molecule has 3 rings (SSSR count). The number of hydrogen-bond donors (Lipinski definition) is 2. The second-order valence-electron chi connectivity index (χ2n) is 5.72. The van der Waals surface area contributed by atoms with E-state index in [1.165, 1.54) is 6.07 Å². The van der Waals surface area contributed by atoms with E-state index in [9.17, 15) is 4.39 Å². The van der Waals surface area contributed by atoms with Crippen molar-refractivity contribution in [3.8, 4) is 11.3 Å². The summed E-state index contributed by atoms with van der Waals surface area (Å²) in [5, 5.41) is 9.56. The Kier molecular flexibility index (Phi) is 8.66. The molecule has 0 aliphatic heterocycles. The van der Waals surface area contributed by atoms with Gasteiger partial charge in [0.2, 0.25) is 0 Å². The van der Waals surface area contributed by atoms with E-state index in [1.807, 2.05) is 24.3 Å². The summed E-state index contributed by atoms with van der Waals surface area (Å²) in [6.07, 6.45) is 0.730. The lowest BCUT2D eigenvalue weighted by molar-refractivity contribution is 0.625. The fourth-order valence-electron chi connectivity index (χ4n) is 2.53. The third-order valence-electron chi connectivity index (χ3n) is 3.85. The molecule has 0 saturated heterocycles. The normalized spacial score (nSPS) is 11.0. The first-order chi connectivity index (χ1) is 12.7. The third-order valence-corrected chi connectivity index (χ3v) is 4.70. The van der Waals surface area contributed by atoms with Crippen molar-refractivity contribution in [1.29, 1.82) is 0 Å². The minimum atomic E-state index is -0.206. The highest BCUT2D eigenvalue weighted by atomic mass is 127. The van der Waals surface area contributed by atoms with Crippen LogP contribution in [0.1, 0.15) is 10.6 Å². The van der Waals surface area contributed by atoms with E-state index in [-0.39, 0.29) is 29.8 Å². The number of aliphatic imine (C=N–C) groups is 1. The Hall–Kier alpha value is -2.00. The number of thiazole rings is 1. The fraction of sp³-hybridized carbons (Fsp3) is 0.200. The lowest BCUT2D eigenvalue weighted by atomic mass is 10.1. The SMILES string of the molecule is CN=C(NCCc1cccc(F)c1)NCc1nc(-c2ccccc2)cs1.I. The number of nitrogens with one attached hydrogen (secondary N) is 2. The molecule has 3 aromatic rings. The topological polar surface area (TPSA) is 49.3 Å². The molecular formula is C20H22FIN4S. The van der Waals surface area contributed by atoms with Gasteiger partial charge in [0, 0.05) is 24.5 Å². The van der Waals surface area contributed by atoms with Crippen LogP contribution >= 0.6 is 35.3 Å². The van der Waals surface area contributed by atoms with Gasteiger partial charge in [0.25, 0.3) is 0 Å². The number of guanidine groups is 1. The molecule has 2 aromatic carbocycles. The molecular weight excluding hydrogens is 474 g/mol. The molecule has 1 aromatic heterocycles. The largest absolute Gasteiger partial charge is 0.356 e. The number of nitrogens with zero attached hydrogens (tertiary/aromatic N) is 2. The highest BCUT2D eigenvalue weighted by Crippen LogP contribution is 2.21. The maximum atomic E-state index is 13.2. The molecule has 0 aliphatic carbocycles. The Morgan fingerprint density at radius 2 is 1.93 bits per heavy atom. The first-order valence-corrected chi connectivity index (χ1v) is 9.31. The molecule has 27 heavy (non-hydrogen) atoms. The van der Waals surface area contributed by atoms with Crippen LogP contribution < -0.4 is 10.6 Å². The summed E-state index contributed by atoms with van der Waals surface area (Å²) in [4.78, 5) is 8.87. The summed E-state index contributed by atoms with van der Waals surface area (Å²) in [5.41, 5.74) is 3.06. The molecule has 0 unspecified atom stereocenters. The average Bonchev–Trinajstić information content (AvgIpc) is 3.14. The molecule has 0 aliphatic rings. The van der Waals surface area contributed by atoms with Crippen molar-refractivity contribution < 1.29 is 4.39 Å². The molecule has 7 heteroatoms. The van der Waals surface area contributed by atoms with Crippen LogP contribution in [0.15, 0.2) is 65.0 Å². The smallest absolute Gasteiger partial charge is 0.191 e. The zero-order chi connectivity index (χ0) is 18.2. The molecule has 0 atom stereocenters. The van der Waals surface area contributed by atoms with E-state index in [0.29, 0.717) is 19.0 Å². The van der Waals surface area contributed by atoms with E-state index < -0.39 is 0 Å². The van der Waals surface area contributed by atoms with Crippen molar-refractivity contribution in [2.75, 3.05) is 13.6 Å². The number of benzene rings is 2. The average molecular weight is 496 g/mol. The van der Waals surface area contributed by atoms with Gasteiger partial charge in [-0.2, -0.15) is 0 Å². The zero-order valence-electron chi connectivity index (χ0n) is 15.0. The molecule has 0 spiro atoms. The first-order valence-electron chi connectivity index (χ1n) is 8.43. The van der Waals surface area contributed by atoms with Gasteiger partial charge >= 0.3 is 0 Å². The summed E-state index contributed by atoms with van der Waals surface area (Å²) in [7, 11) is 1.73. The van der Waals surface area contributed by atoms with E-state index in [2.05, 4.69) is 38.1 Å². The van der Waals surface area contributed by atoms with Crippen LogP contribution in [0.3, 0.4) is 0 Å². The number of hydrogen-bond acceptors (Lipinski definition) is 3. The Morgan fingerprint density at radius 1 is 1.11 bits per heavy atom. The second-order valence-corrected chi connectivity index (χ2v) is 6.67. The quantitative estimate of drug-likeness (QED) is 0.301. The summed E-state index contributed by atoms with van der Waals surface area (Å²) >= 11 is 1.62. The van der Waals surface area contributed by atoms with E-state index >= 15 is 0 Å². The van der Waals surface area contributed by atoms with Crippen molar-refractivity contribution in [1.82, 2.24) is 15.6 Å². The van der Waals surface area contributed by atoms with Crippen molar-refractivity contribution in [2.24, 2.45) is 4.99 Å². The lowest BCUT2D eigenvalue weighted by Gasteiger charge is -2.11. The standard InChI is InChI=1S/C20H21FN4S.HI/c1-22-20(23-11-10-15-6-5-9-17(21)12-15)24-13-19-25-18(14-26-19)16-7-3-2-4-8-16;/h2-9,12,14H,10-11,13H2,1H3,(H2,22,23,24);1H. The molecule has 142 valence electrons. The molecule has 1 heterocycles. The fourth-order valence-corrected chi connectivity index (χ4v) is 3.27. The van der Waals surface area contributed by atoms with Gasteiger partial charge in [-0.05, 0) is 24.1 Å². The van der Waals surface area contributed by atoms with Crippen LogP contribution in [0.2, 0.25) is 0 Å². The van der Waals surface area contributed by atoms with Gasteiger partial charge in [-0.15, -0.1) is 35.3 Å². The van der Waals surface area contributed by atoms with E-state index in [1.54, 1.807) is 30.5 Å². The molecule has 0 bridgehead atoms. The van der Waals surface area contributed by atoms with Gasteiger partial charge < -0.3 is 10.6 Å². The lowest BCUT2D eigenvalue weighted by Crippen LogP contribution is -2.37. The van der Waals surface area contributed by atoms with Crippen LogP contribution in [-0.2, 0) is 13.0 Å². The van der Waals surface area contributed by atoms with Crippen LogP contribution in [0, 0.1) is 5.82 Å². The highest BCUT2D eigenvalue weighted by Gasteiger charge is 2.05. The van der Waals surface area contributed by atoms with Crippen molar-refractivity contribution in [2.45, 2.75) is 13.0 Å². The van der Waals surface area contributed by atoms with Crippen LogP contribution in [0.4, 0.5) is 4.39 Å². The minimum Gasteiger partial charge on any atom is -0.356 e. The van der Waals surface area contributed by atoms with Gasteiger partial charge in [-0.3, -0.25) is 4.99 Å². The predicted octanol–water partition coefficient (Wildman–Crippen LogP) is 4.47. The van der Waals surface area contributed by atoms with Crippen LogP contribution in [0.25, 0.3) is 11.3 Å². The summed E-state index contributed by atoms with van der Waals surface area (Å²) in [6.45, 7) is 1.29. The second kappa shape index (κ2) is 11.0. The van der Waals surface area contributed by atoms with Crippen LogP contribution in [-0.4, -0.2) is 24.5 Å². The van der Waals surface area contributed by atoms with E-state index in [0.717, 1.165) is 28.2 Å². The molecule has 0 amide bonds. The van der Waals surface area contributed by atoms with Crippen LogP contribution in [0.5, 0.6) is 0 Å². The maximum Gasteiger partial charge on any atom is 0.191 e. The number of aromatic nitrogens is 1. The highest BCUT2D eigenvalue weighted by molar-refractivity contribution is 14.0. The van der Waals surface area contributed by atoms with Gasteiger partial charge in [0.05, 0.1) is 12.2 Å². The van der Waals surface area contributed by atoms with Gasteiger partial charge in [0.15, 0.2) is 5.96 Å². The molecule has 0 saturated carbocycles. The Bertz CT molecular complexity index is 867. The summed E-state index contributed by atoms with van der Waals surface area (Å²) in [5.74, 6) is 0.501. The predicted molar refractivity (Wildman–Crippen MR) is 121 cm³/mol. The summed E-state index contributed by atoms with van der Waals surface area (Å²) in [6, 6.07) is 16.8. The van der Waals surface area contributed by atoms with Gasteiger partial charge in [-0.1, -0.05) is 42.5 Å². The summed E-state index contributed by atoms with van der Waals surface area (Å²) < 4.78 is 13.2.